The summed E-state index contributed by atoms with van der Waals surface area (Å²) in [4.78, 5) is 12.5. The van der Waals surface area contributed by atoms with Crippen LogP contribution in [0.15, 0.2) is 78.9 Å². The first-order valence-electron chi connectivity index (χ1n) is 10.1. The van der Waals surface area contributed by atoms with Crippen molar-refractivity contribution in [1.29, 1.82) is 0 Å². The molecule has 0 spiro atoms. The number of carbonyl (C=O) groups is 1. The quantitative estimate of drug-likeness (QED) is 0.274. The lowest BCUT2D eigenvalue weighted by atomic mass is 10.1. The van der Waals surface area contributed by atoms with Crippen molar-refractivity contribution in [2.45, 2.75) is 12.4 Å². The summed E-state index contributed by atoms with van der Waals surface area (Å²) in [5.74, 6) is 0. The topological polar surface area (TPSA) is 58.4 Å². The molecule has 1 aromatic heterocycles. The van der Waals surface area contributed by atoms with Crippen molar-refractivity contribution in [1.82, 2.24) is 9.78 Å². The number of para-hydroxylation sites is 1. The van der Waals surface area contributed by atoms with Crippen molar-refractivity contribution >= 4 is 29.1 Å². The molecule has 36 heavy (non-hydrogen) atoms. The smallest absolute Gasteiger partial charge is 0.435 e. The maximum absolute atomic E-state index is 13.4. The first kappa shape index (κ1) is 25.1. The van der Waals surface area contributed by atoms with Gasteiger partial charge in [-0.2, -0.15) is 31.4 Å². The maximum atomic E-state index is 13.4. The largest absolute Gasteiger partial charge is 0.464 e. The van der Waals surface area contributed by atoms with Gasteiger partial charge in [-0.25, -0.2) is 14.4 Å². The molecule has 0 aliphatic rings. The molecule has 3 aromatic carbocycles. The van der Waals surface area contributed by atoms with Crippen molar-refractivity contribution in [2.75, 3.05) is 4.90 Å². The Hall–Kier alpha value is -3.99. The Morgan fingerprint density at radius 1 is 0.833 bits per heavy atom. The third-order valence-corrected chi connectivity index (χ3v) is 5.44. The first-order chi connectivity index (χ1) is 16.9. The molecule has 0 bridgehead atoms. The second-order valence-corrected chi connectivity index (χ2v) is 7.90. The molecule has 0 saturated heterocycles. The monoisotopic (exact) mass is 525 g/mol. The van der Waals surface area contributed by atoms with E-state index in [1.807, 2.05) is 0 Å². The summed E-state index contributed by atoms with van der Waals surface area (Å²) in [5, 5.41) is 13.5. The maximum Gasteiger partial charge on any atom is 0.435 e. The van der Waals surface area contributed by atoms with Crippen LogP contribution in [0.4, 0.5) is 42.5 Å². The Balaban J connectivity index is 1.78. The molecule has 4 aromatic rings. The summed E-state index contributed by atoms with van der Waals surface area (Å²) < 4.78 is 80.6. The van der Waals surface area contributed by atoms with E-state index >= 15 is 0 Å². The Morgan fingerprint density at radius 3 is 2.08 bits per heavy atom. The lowest BCUT2D eigenvalue weighted by molar-refractivity contribution is -0.141. The minimum absolute atomic E-state index is 0.0166. The van der Waals surface area contributed by atoms with Gasteiger partial charge in [-0.1, -0.05) is 41.9 Å². The predicted molar refractivity (Wildman–Crippen MR) is 121 cm³/mol. The fourth-order valence-electron chi connectivity index (χ4n) is 3.50. The summed E-state index contributed by atoms with van der Waals surface area (Å²) in [5.41, 5.74) is -2.05. The van der Waals surface area contributed by atoms with Crippen molar-refractivity contribution < 1.29 is 36.2 Å². The molecular formula is C24H14ClF6N3O2. The molecule has 0 atom stereocenters. The molecule has 0 unspecified atom stereocenters. The Kier molecular flexibility index (Phi) is 6.44. The van der Waals surface area contributed by atoms with Gasteiger partial charge in [0, 0.05) is 5.56 Å². The zero-order valence-corrected chi connectivity index (χ0v) is 18.6. The Bertz CT molecular complexity index is 1410. The molecule has 0 aliphatic heterocycles. The van der Waals surface area contributed by atoms with Gasteiger partial charge in [-0.15, -0.1) is 0 Å². The molecular weight excluding hydrogens is 512 g/mol. The normalized spacial score (nSPS) is 12.0. The van der Waals surface area contributed by atoms with Crippen LogP contribution in [0.25, 0.3) is 16.9 Å². The first-order valence-corrected chi connectivity index (χ1v) is 10.5. The molecule has 0 fully saturated rings. The van der Waals surface area contributed by atoms with E-state index in [1.54, 1.807) is 12.1 Å². The Morgan fingerprint density at radius 2 is 1.50 bits per heavy atom. The summed E-state index contributed by atoms with van der Waals surface area (Å²) in [6, 6.07) is 15.9. The standard InChI is InChI=1S/C24H14ClF6N3O2/c25-18-6-1-2-7-19(18)34-20(13-21(32-34)24(29,30)31)14-8-10-16(11-9-14)33(22(35)36)17-5-3-4-15(12-17)23(26,27)28/h1-13H,(H,35,36). The molecule has 0 radical (unpaired) electrons. The fraction of sp³-hybridized carbons (Fsp3) is 0.0833. The van der Waals surface area contributed by atoms with E-state index in [0.717, 1.165) is 22.9 Å². The summed E-state index contributed by atoms with van der Waals surface area (Å²) in [7, 11) is 0. The van der Waals surface area contributed by atoms with E-state index in [2.05, 4.69) is 5.10 Å². The number of halogens is 7. The molecule has 4 rings (SSSR count). The van der Waals surface area contributed by atoms with Crippen molar-refractivity contribution in [3.05, 3.63) is 95.1 Å². The van der Waals surface area contributed by atoms with Crippen LogP contribution in [0.5, 0.6) is 0 Å². The molecule has 1 heterocycles. The highest BCUT2D eigenvalue weighted by molar-refractivity contribution is 6.32. The summed E-state index contributed by atoms with van der Waals surface area (Å²) in [6.45, 7) is 0. The van der Waals surface area contributed by atoms with E-state index in [0.29, 0.717) is 11.0 Å². The van der Waals surface area contributed by atoms with Gasteiger partial charge >= 0.3 is 18.4 Å². The average Bonchev–Trinajstić information content (AvgIpc) is 3.25. The zero-order chi connectivity index (χ0) is 26.3. The third kappa shape index (κ3) is 5.01. The van der Waals surface area contributed by atoms with Crippen molar-refractivity contribution in [2.24, 2.45) is 0 Å². The molecule has 0 saturated carbocycles. The summed E-state index contributed by atoms with van der Waals surface area (Å²) in [6.07, 6.45) is -11.0. The van der Waals surface area contributed by atoms with Crippen LogP contribution in [-0.4, -0.2) is 21.0 Å². The van der Waals surface area contributed by atoms with Gasteiger partial charge in [0.2, 0.25) is 0 Å². The highest BCUT2D eigenvalue weighted by Crippen LogP contribution is 2.37. The fourth-order valence-corrected chi connectivity index (χ4v) is 3.72. The number of carboxylic acid groups (broad SMARTS) is 1. The van der Waals surface area contributed by atoms with E-state index in [9.17, 15) is 36.2 Å². The van der Waals surface area contributed by atoms with Gasteiger partial charge in [0.25, 0.3) is 0 Å². The minimum Gasteiger partial charge on any atom is -0.464 e. The van der Waals surface area contributed by atoms with E-state index in [4.69, 9.17) is 11.6 Å². The number of anilines is 2. The van der Waals surface area contributed by atoms with Gasteiger partial charge in [-0.3, -0.25) is 0 Å². The molecule has 1 N–H and O–H groups in total. The highest BCUT2D eigenvalue weighted by atomic mass is 35.5. The predicted octanol–water partition coefficient (Wildman–Crippen LogP) is 8.05. The van der Waals surface area contributed by atoms with Crippen LogP contribution in [-0.2, 0) is 12.4 Å². The zero-order valence-electron chi connectivity index (χ0n) is 17.8. The van der Waals surface area contributed by atoms with Crippen molar-refractivity contribution in [3.8, 4) is 16.9 Å². The van der Waals surface area contributed by atoms with Crippen LogP contribution < -0.4 is 4.90 Å². The number of benzene rings is 3. The van der Waals surface area contributed by atoms with E-state index in [-0.39, 0.29) is 33.3 Å². The molecule has 5 nitrogen and oxygen atoms in total. The number of nitrogens with zero attached hydrogens (tertiary/aromatic N) is 3. The number of hydrogen-bond donors (Lipinski definition) is 1. The second kappa shape index (κ2) is 9.23. The average molecular weight is 526 g/mol. The lowest BCUT2D eigenvalue weighted by Crippen LogP contribution is -2.24. The molecule has 0 aliphatic carbocycles. The molecule has 1 amide bonds. The van der Waals surface area contributed by atoms with Gasteiger partial charge in [0.05, 0.1) is 33.3 Å². The molecule has 12 heteroatoms. The lowest BCUT2D eigenvalue weighted by Gasteiger charge is -2.21. The number of aromatic nitrogens is 2. The molecule has 186 valence electrons. The van der Waals surface area contributed by atoms with Crippen LogP contribution in [0.1, 0.15) is 11.3 Å². The van der Waals surface area contributed by atoms with Gasteiger partial charge in [0.15, 0.2) is 5.69 Å². The minimum atomic E-state index is -4.75. The van der Waals surface area contributed by atoms with Crippen LogP contribution in [0.2, 0.25) is 5.02 Å². The third-order valence-electron chi connectivity index (χ3n) is 5.12. The van der Waals surface area contributed by atoms with Gasteiger partial charge < -0.3 is 5.11 Å². The summed E-state index contributed by atoms with van der Waals surface area (Å²) >= 11 is 6.16. The van der Waals surface area contributed by atoms with Crippen LogP contribution in [0.3, 0.4) is 0 Å². The van der Waals surface area contributed by atoms with E-state index in [1.165, 1.54) is 42.5 Å². The number of amides is 1. The highest BCUT2D eigenvalue weighted by Gasteiger charge is 2.36. The second-order valence-electron chi connectivity index (χ2n) is 7.49. The van der Waals surface area contributed by atoms with Crippen LogP contribution >= 0.6 is 11.6 Å². The Labute approximate surface area is 204 Å². The number of hydrogen-bond acceptors (Lipinski definition) is 2. The van der Waals surface area contributed by atoms with Crippen molar-refractivity contribution in [3.63, 3.8) is 0 Å². The SMILES string of the molecule is O=C(O)N(c1ccc(-c2cc(C(F)(F)F)nn2-c2ccccc2Cl)cc1)c1cccc(C(F)(F)F)c1. The van der Waals surface area contributed by atoms with E-state index < -0.39 is 29.7 Å². The number of alkyl halides is 6. The van der Waals surface area contributed by atoms with Crippen LogP contribution in [0, 0.1) is 0 Å². The van der Waals surface area contributed by atoms with Gasteiger partial charge in [-0.05, 0) is 48.5 Å². The number of rotatable bonds is 4. The van der Waals surface area contributed by atoms with Gasteiger partial charge in [0.1, 0.15) is 0 Å².